The Labute approximate surface area is 155 Å². The van der Waals surface area contributed by atoms with Crippen molar-refractivity contribution < 1.29 is 9.59 Å². The Bertz CT molecular complexity index is 600. The third-order valence-corrected chi connectivity index (χ3v) is 4.79. The van der Waals surface area contributed by atoms with Crippen LogP contribution < -0.4 is 11.1 Å². The van der Waals surface area contributed by atoms with Gasteiger partial charge >= 0.3 is 6.03 Å². The minimum atomic E-state index is -0.203. The molecule has 0 saturated carbocycles. The summed E-state index contributed by atoms with van der Waals surface area (Å²) in [6.07, 6.45) is 6.53. The normalized spacial score (nSPS) is 18.1. The SMILES string of the molecule is CC(C)n1cc(CN(C)C(=O)NCCCN2CCCC(C(N)=O)C2)cn1. The molecule has 8 nitrogen and oxygen atoms in total. The highest BCUT2D eigenvalue weighted by molar-refractivity contribution is 5.77. The maximum Gasteiger partial charge on any atom is 0.317 e. The van der Waals surface area contributed by atoms with Gasteiger partial charge in [-0.15, -0.1) is 0 Å². The van der Waals surface area contributed by atoms with Gasteiger partial charge in [0.1, 0.15) is 0 Å². The van der Waals surface area contributed by atoms with Gasteiger partial charge in [0.15, 0.2) is 0 Å². The first-order valence-electron chi connectivity index (χ1n) is 9.40. The number of primary amides is 1. The van der Waals surface area contributed by atoms with Crippen molar-refractivity contribution >= 4 is 11.9 Å². The Hall–Kier alpha value is -2.09. The second kappa shape index (κ2) is 9.56. The highest BCUT2D eigenvalue weighted by Crippen LogP contribution is 2.15. The molecule has 1 unspecified atom stereocenters. The van der Waals surface area contributed by atoms with E-state index in [0.717, 1.165) is 44.5 Å². The van der Waals surface area contributed by atoms with Crippen molar-refractivity contribution in [3.63, 3.8) is 0 Å². The molecule has 1 aromatic rings. The topological polar surface area (TPSA) is 96.5 Å². The lowest BCUT2D eigenvalue weighted by Crippen LogP contribution is -2.42. The zero-order chi connectivity index (χ0) is 19.1. The van der Waals surface area contributed by atoms with Crippen LogP contribution in [0.15, 0.2) is 12.4 Å². The molecule has 1 aliphatic heterocycles. The summed E-state index contributed by atoms with van der Waals surface area (Å²) in [4.78, 5) is 27.4. The molecule has 2 rings (SSSR count). The fraction of sp³-hybridized carbons (Fsp3) is 0.722. The number of likely N-dealkylation sites (tertiary alicyclic amines) is 1. The summed E-state index contributed by atoms with van der Waals surface area (Å²) in [7, 11) is 1.78. The van der Waals surface area contributed by atoms with E-state index in [1.54, 1.807) is 18.1 Å². The third-order valence-electron chi connectivity index (χ3n) is 4.79. The second-order valence-corrected chi connectivity index (χ2v) is 7.41. The molecule has 26 heavy (non-hydrogen) atoms. The molecule has 0 bridgehead atoms. The van der Waals surface area contributed by atoms with Gasteiger partial charge in [0, 0.05) is 37.9 Å². The van der Waals surface area contributed by atoms with E-state index in [1.807, 2.05) is 10.9 Å². The van der Waals surface area contributed by atoms with Crippen molar-refractivity contribution in [2.24, 2.45) is 11.7 Å². The Kier molecular flexibility index (Phi) is 7.44. The molecule has 1 aliphatic rings. The minimum Gasteiger partial charge on any atom is -0.369 e. The van der Waals surface area contributed by atoms with Crippen LogP contribution in [0.3, 0.4) is 0 Å². The van der Waals surface area contributed by atoms with Gasteiger partial charge in [-0.2, -0.15) is 5.10 Å². The molecule has 0 aliphatic carbocycles. The summed E-state index contributed by atoms with van der Waals surface area (Å²) in [5.74, 6) is -0.235. The number of urea groups is 1. The Balaban J connectivity index is 1.65. The molecule has 3 N–H and O–H groups in total. The second-order valence-electron chi connectivity index (χ2n) is 7.41. The number of aromatic nitrogens is 2. The maximum absolute atomic E-state index is 12.2. The number of carbonyl (C=O) groups is 2. The van der Waals surface area contributed by atoms with Gasteiger partial charge in [0.05, 0.1) is 18.7 Å². The number of hydrogen-bond donors (Lipinski definition) is 2. The Morgan fingerprint density at radius 1 is 1.46 bits per heavy atom. The monoisotopic (exact) mass is 364 g/mol. The van der Waals surface area contributed by atoms with Crippen LogP contribution in [0, 0.1) is 5.92 Å². The first kappa shape index (κ1) is 20.2. The summed E-state index contributed by atoms with van der Waals surface area (Å²) in [6.45, 7) is 7.90. The van der Waals surface area contributed by atoms with Crippen LogP contribution >= 0.6 is 0 Å². The number of rotatable bonds is 8. The van der Waals surface area contributed by atoms with Crippen LogP contribution in [-0.2, 0) is 11.3 Å². The summed E-state index contributed by atoms with van der Waals surface area (Å²) >= 11 is 0. The molecule has 1 atom stereocenters. The van der Waals surface area contributed by atoms with Crippen LogP contribution in [0.5, 0.6) is 0 Å². The van der Waals surface area contributed by atoms with Gasteiger partial charge in [-0.25, -0.2) is 4.79 Å². The van der Waals surface area contributed by atoms with E-state index in [2.05, 4.69) is 29.2 Å². The number of hydrogen-bond acceptors (Lipinski definition) is 4. The molecular formula is C18H32N6O2. The molecule has 146 valence electrons. The molecule has 1 saturated heterocycles. The average Bonchev–Trinajstić information content (AvgIpc) is 3.07. The number of nitrogens with two attached hydrogens (primary N) is 1. The van der Waals surface area contributed by atoms with Gasteiger partial charge in [-0.3, -0.25) is 9.48 Å². The quantitative estimate of drug-likeness (QED) is 0.677. The lowest BCUT2D eigenvalue weighted by Gasteiger charge is -2.31. The molecular weight excluding hydrogens is 332 g/mol. The van der Waals surface area contributed by atoms with Crippen LogP contribution in [-0.4, -0.2) is 64.7 Å². The predicted molar refractivity (Wildman–Crippen MR) is 100 cm³/mol. The molecule has 0 radical (unpaired) electrons. The Morgan fingerprint density at radius 2 is 2.23 bits per heavy atom. The molecule has 1 aromatic heterocycles. The standard InChI is InChI=1S/C18H32N6O2/c1-14(2)24-12-15(10-21-24)11-22(3)18(26)20-7-5-9-23-8-4-6-16(13-23)17(19)25/h10,12,14,16H,4-9,11,13H2,1-3H3,(H2,19,25)(H,20,26). The minimum absolute atomic E-state index is 0.0313. The van der Waals surface area contributed by atoms with Crippen molar-refractivity contribution in [2.45, 2.75) is 45.7 Å². The van der Waals surface area contributed by atoms with E-state index in [4.69, 9.17) is 5.73 Å². The van der Waals surface area contributed by atoms with Crippen LogP contribution in [0.25, 0.3) is 0 Å². The van der Waals surface area contributed by atoms with Crippen molar-refractivity contribution in [3.8, 4) is 0 Å². The number of amides is 3. The number of nitrogens with zero attached hydrogens (tertiary/aromatic N) is 4. The van der Waals surface area contributed by atoms with E-state index in [1.165, 1.54) is 0 Å². The lowest BCUT2D eigenvalue weighted by atomic mass is 9.97. The van der Waals surface area contributed by atoms with Gasteiger partial charge in [0.25, 0.3) is 0 Å². The largest absolute Gasteiger partial charge is 0.369 e. The third kappa shape index (κ3) is 6.01. The maximum atomic E-state index is 12.2. The smallest absolute Gasteiger partial charge is 0.317 e. The molecule has 8 heteroatoms. The summed E-state index contributed by atoms with van der Waals surface area (Å²) in [6, 6.07) is 0.225. The van der Waals surface area contributed by atoms with Crippen LogP contribution in [0.2, 0.25) is 0 Å². The Morgan fingerprint density at radius 3 is 2.88 bits per heavy atom. The van der Waals surface area contributed by atoms with E-state index in [9.17, 15) is 9.59 Å². The van der Waals surface area contributed by atoms with Crippen molar-refractivity contribution in [1.29, 1.82) is 0 Å². The fourth-order valence-corrected chi connectivity index (χ4v) is 3.21. The molecule has 3 amide bonds. The van der Waals surface area contributed by atoms with Gasteiger partial charge in [-0.1, -0.05) is 0 Å². The van der Waals surface area contributed by atoms with E-state index >= 15 is 0 Å². The first-order valence-corrected chi connectivity index (χ1v) is 9.40. The van der Waals surface area contributed by atoms with Crippen molar-refractivity contribution in [2.75, 3.05) is 33.2 Å². The lowest BCUT2D eigenvalue weighted by molar-refractivity contribution is -0.123. The highest BCUT2D eigenvalue weighted by Gasteiger charge is 2.23. The molecule has 0 aromatic carbocycles. The zero-order valence-electron chi connectivity index (χ0n) is 16.1. The summed E-state index contributed by atoms with van der Waals surface area (Å²) in [5.41, 5.74) is 6.42. The van der Waals surface area contributed by atoms with Gasteiger partial charge in [0.2, 0.25) is 5.91 Å². The molecule has 2 heterocycles. The van der Waals surface area contributed by atoms with Gasteiger partial charge < -0.3 is 20.9 Å². The van der Waals surface area contributed by atoms with Crippen molar-refractivity contribution in [1.82, 2.24) is 24.9 Å². The average molecular weight is 364 g/mol. The first-order chi connectivity index (χ1) is 12.4. The number of nitrogens with one attached hydrogen (secondary N) is 1. The molecule has 0 spiro atoms. The van der Waals surface area contributed by atoms with Crippen molar-refractivity contribution in [3.05, 3.63) is 18.0 Å². The summed E-state index contributed by atoms with van der Waals surface area (Å²) in [5, 5.41) is 7.24. The van der Waals surface area contributed by atoms with E-state index in [-0.39, 0.29) is 17.9 Å². The zero-order valence-corrected chi connectivity index (χ0v) is 16.1. The number of piperidine rings is 1. The molecule has 1 fully saturated rings. The van der Waals surface area contributed by atoms with E-state index in [0.29, 0.717) is 19.1 Å². The fourth-order valence-electron chi connectivity index (χ4n) is 3.21. The van der Waals surface area contributed by atoms with Crippen LogP contribution in [0.4, 0.5) is 4.79 Å². The predicted octanol–water partition coefficient (Wildman–Crippen LogP) is 1.19. The number of carbonyl (C=O) groups excluding carboxylic acids is 2. The van der Waals surface area contributed by atoms with E-state index < -0.39 is 0 Å². The highest BCUT2D eigenvalue weighted by atomic mass is 16.2. The van der Waals surface area contributed by atoms with Crippen LogP contribution in [0.1, 0.15) is 44.7 Å². The van der Waals surface area contributed by atoms with Gasteiger partial charge in [-0.05, 0) is 46.2 Å². The summed E-state index contributed by atoms with van der Waals surface area (Å²) < 4.78 is 1.89.